The van der Waals surface area contributed by atoms with E-state index in [9.17, 15) is 0 Å². The van der Waals surface area contributed by atoms with Crippen molar-refractivity contribution in [1.29, 1.82) is 0 Å². The second kappa shape index (κ2) is 6.44. The molecule has 0 N–H and O–H groups in total. The maximum absolute atomic E-state index is 5.87. The number of rotatable bonds is 3. The fraction of sp³-hybridized carbons (Fsp3) is 0.438. The molecule has 0 bridgehead atoms. The van der Waals surface area contributed by atoms with E-state index in [0.717, 1.165) is 42.8 Å². The highest BCUT2D eigenvalue weighted by molar-refractivity contribution is 6.30. The Kier molecular flexibility index (Phi) is 4.12. The standard InChI is InChI=1S/C16H19ClN8/c1-23(16-18-7-11(17)8-19-16)12-3-5-25(6-4-12)15-13-9-22-24(2)14(13)20-10-21-15/h7-10,12H,3-6H2,1-2H3. The van der Waals surface area contributed by atoms with Crippen molar-refractivity contribution in [2.75, 3.05) is 29.9 Å². The Morgan fingerprint density at radius 3 is 2.52 bits per heavy atom. The molecule has 1 saturated heterocycles. The molecule has 3 aromatic heterocycles. The predicted molar refractivity (Wildman–Crippen MR) is 97.0 cm³/mol. The highest BCUT2D eigenvalue weighted by Gasteiger charge is 2.26. The quantitative estimate of drug-likeness (QED) is 0.707. The molecule has 0 aromatic carbocycles. The number of fused-ring (bicyclic) bond motifs is 1. The van der Waals surface area contributed by atoms with Gasteiger partial charge in [-0.2, -0.15) is 5.10 Å². The van der Waals surface area contributed by atoms with Crippen molar-refractivity contribution in [3.8, 4) is 0 Å². The van der Waals surface area contributed by atoms with Gasteiger partial charge in [0, 0.05) is 33.2 Å². The van der Waals surface area contributed by atoms with Crippen molar-refractivity contribution in [2.24, 2.45) is 7.05 Å². The minimum absolute atomic E-state index is 0.392. The first-order valence-electron chi connectivity index (χ1n) is 8.21. The van der Waals surface area contributed by atoms with Crippen molar-refractivity contribution in [2.45, 2.75) is 18.9 Å². The van der Waals surface area contributed by atoms with Gasteiger partial charge in [-0.15, -0.1) is 0 Å². The SMILES string of the molecule is CN(c1ncc(Cl)cn1)C1CCN(c2ncnc3c2cnn3C)CC1. The van der Waals surface area contributed by atoms with E-state index in [1.165, 1.54) is 0 Å². The van der Waals surface area contributed by atoms with Gasteiger partial charge in [0.15, 0.2) is 5.65 Å². The highest BCUT2D eigenvalue weighted by atomic mass is 35.5. The van der Waals surface area contributed by atoms with Gasteiger partial charge in [-0.1, -0.05) is 11.6 Å². The molecule has 3 aromatic rings. The number of piperidine rings is 1. The van der Waals surface area contributed by atoms with Gasteiger partial charge in [-0.3, -0.25) is 4.68 Å². The number of anilines is 2. The molecule has 1 aliphatic heterocycles. The first kappa shape index (κ1) is 16.0. The summed E-state index contributed by atoms with van der Waals surface area (Å²) in [7, 11) is 3.93. The molecule has 0 saturated carbocycles. The van der Waals surface area contributed by atoms with Crippen LogP contribution in [0.25, 0.3) is 11.0 Å². The summed E-state index contributed by atoms with van der Waals surface area (Å²) < 4.78 is 1.78. The van der Waals surface area contributed by atoms with Gasteiger partial charge in [-0.25, -0.2) is 19.9 Å². The summed E-state index contributed by atoms with van der Waals surface area (Å²) in [6.07, 6.45) is 8.73. The molecule has 25 heavy (non-hydrogen) atoms. The maximum Gasteiger partial charge on any atom is 0.225 e. The molecule has 0 radical (unpaired) electrons. The molecule has 4 heterocycles. The summed E-state index contributed by atoms with van der Waals surface area (Å²) in [6.45, 7) is 1.84. The molecule has 1 fully saturated rings. The van der Waals surface area contributed by atoms with Crippen LogP contribution in [0.5, 0.6) is 0 Å². The largest absolute Gasteiger partial charge is 0.356 e. The van der Waals surface area contributed by atoms with E-state index in [1.54, 1.807) is 23.4 Å². The molecular formula is C16H19ClN8. The molecular weight excluding hydrogens is 340 g/mol. The Labute approximate surface area is 150 Å². The number of aryl methyl sites for hydroxylation is 1. The summed E-state index contributed by atoms with van der Waals surface area (Å²) in [5.41, 5.74) is 0.860. The summed E-state index contributed by atoms with van der Waals surface area (Å²) in [4.78, 5) is 21.9. The summed E-state index contributed by atoms with van der Waals surface area (Å²) >= 11 is 5.87. The summed E-state index contributed by atoms with van der Waals surface area (Å²) in [5.74, 6) is 1.67. The third kappa shape index (κ3) is 2.97. The molecule has 0 amide bonds. The predicted octanol–water partition coefficient (Wildman–Crippen LogP) is 1.91. The van der Waals surface area contributed by atoms with Gasteiger partial charge in [0.05, 0.1) is 29.0 Å². The molecule has 8 nitrogen and oxygen atoms in total. The molecule has 0 unspecified atom stereocenters. The van der Waals surface area contributed by atoms with E-state index >= 15 is 0 Å². The lowest BCUT2D eigenvalue weighted by molar-refractivity contribution is 0.476. The topological polar surface area (TPSA) is 75.9 Å². The molecule has 0 spiro atoms. The van der Waals surface area contributed by atoms with Crippen molar-refractivity contribution in [3.63, 3.8) is 0 Å². The zero-order chi connectivity index (χ0) is 17.4. The van der Waals surface area contributed by atoms with Gasteiger partial charge in [-0.05, 0) is 12.8 Å². The molecule has 1 aliphatic rings. The minimum atomic E-state index is 0.392. The highest BCUT2D eigenvalue weighted by Crippen LogP contribution is 2.27. The molecule has 130 valence electrons. The Morgan fingerprint density at radius 1 is 1.08 bits per heavy atom. The number of nitrogens with zero attached hydrogens (tertiary/aromatic N) is 8. The van der Waals surface area contributed by atoms with Crippen LogP contribution in [-0.2, 0) is 7.05 Å². The average Bonchev–Trinajstić information content (AvgIpc) is 3.03. The zero-order valence-corrected chi connectivity index (χ0v) is 14.9. The third-order valence-corrected chi connectivity index (χ3v) is 4.94. The number of hydrogen-bond acceptors (Lipinski definition) is 7. The molecule has 0 atom stereocenters. The van der Waals surface area contributed by atoms with Crippen LogP contribution in [0, 0.1) is 0 Å². The minimum Gasteiger partial charge on any atom is -0.356 e. The van der Waals surface area contributed by atoms with Gasteiger partial charge in [0.1, 0.15) is 12.1 Å². The normalized spacial score (nSPS) is 15.7. The second-order valence-corrected chi connectivity index (χ2v) is 6.67. The fourth-order valence-electron chi connectivity index (χ4n) is 3.32. The van der Waals surface area contributed by atoms with Crippen LogP contribution >= 0.6 is 11.6 Å². The lowest BCUT2D eigenvalue weighted by Crippen LogP contribution is -2.44. The van der Waals surface area contributed by atoms with Crippen molar-refractivity contribution >= 4 is 34.4 Å². The summed E-state index contributed by atoms with van der Waals surface area (Å²) in [6, 6.07) is 0.392. The van der Waals surface area contributed by atoms with E-state index in [2.05, 4.69) is 34.8 Å². The maximum atomic E-state index is 5.87. The molecule has 0 aliphatic carbocycles. The Morgan fingerprint density at radius 2 is 1.80 bits per heavy atom. The van der Waals surface area contributed by atoms with Crippen LogP contribution in [0.15, 0.2) is 24.9 Å². The Bertz CT molecular complexity index is 869. The van der Waals surface area contributed by atoms with E-state index in [-0.39, 0.29) is 0 Å². The van der Waals surface area contributed by atoms with Gasteiger partial charge in [0.2, 0.25) is 5.95 Å². The molecule has 9 heteroatoms. The van der Waals surface area contributed by atoms with Crippen molar-refractivity contribution < 1.29 is 0 Å². The van der Waals surface area contributed by atoms with Crippen LogP contribution in [0.2, 0.25) is 5.02 Å². The van der Waals surface area contributed by atoms with Crippen LogP contribution < -0.4 is 9.80 Å². The van der Waals surface area contributed by atoms with Gasteiger partial charge >= 0.3 is 0 Å². The average molecular weight is 359 g/mol. The Hall–Kier alpha value is -2.48. The van der Waals surface area contributed by atoms with Crippen LogP contribution in [0.4, 0.5) is 11.8 Å². The lowest BCUT2D eigenvalue weighted by atomic mass is 10.0. The Balaban J connectivity index is 1.48. The summed E-state index contributed by atoms with van der Waals surface area (Å²) in [5, 5.41) is 5.84. The first-order valence-corrected chi connectivity index (χ1v) is 8.59. The monoisotopic (exact) mass is 358 g/mol. The number of aromatic nitrogens is 6. The van der Waals surface area contributed by atoms with Crippen molar-refractivity contribution in [3.05, 3.63) is 29.9 Å². The van der Waals surface area contributed by atoms with Gasteiger partial charge in [0.25, 0.3) is 0 Å². The van der Waals surface area contributed by atoms with E-state index in [1.807, 2.05) is 20.3 Å². The molecule has 4 rings (SSSR count). The smallest absolute Gasteiger partial charge is 0.225 e. The zero-order valence-electron chi connectivity index (χ0n) is 14.2. The third-order valence-electron chi connectivity index (χ3n) is 4.74. The van der Waals surface area contributed by atoms with Gasteiger partial charge < -0.3 is 9.80 Å². The van der Waals surface area contributed by atoms with Crippen LogP contribution in [-0.4, -0.2) is 55.9 Å². The second-order valence-electron chi connectivity index (χ2n) is 6.23. The lowest BCUT2D eigenvalue weighted by Gasteiger charge is -2.37. The first-order chi connectivity index (χ1) is 12.1. The van der Waals surface area contributed by atoms with E-state index in [4.69, 9.17) is 11.6 Å². The van der Waals surface area contributed by atoms with E-state index in [0.29, 0.717) is 17.0 Å². The fourth-order valence-corrected chi connectivity index (χ4v) is 3.42. The van der Waals surface area contributed by atoms with Crippen molar-refractivity contribution in [1.82, 2.24) is 29.7 Å². The number of hydrogen-bond donors (Lipinski definition) is 0. The van der Waals surface area contributed by atoms with Crippen LogP contribution in [0.3, 0.4) is 0 Å². The van der Waals surface area contributed by atoms with Crippen LogP contribution in [0.1, 0.15) is 12.8 Å². The van der Waals surface area contributed by atoms with E-state index < -0.39 is 0 Å². The number of halogens is 1.